The van der Waals surface area contributed by atoms with Crippen LogP contribution < -0.4 is 5.73 Å². The second-order valence-corrected chi connectivity index (χ2v) is 4.01. The molecule has 5 heteroatoms. The van der Waals surface area contributed by atoms with Gasteiger partial charge in [-0.2, -0.15) is 5.10 Å². The van der Waals surface area contributed by atoms with Gasteiger partial charge in [0.2, 0.25) is 5.88 Å². The molecule has 0 unspecified atom stereocenters. The first-order valence-electron chi connectivity index (χ1n) is 5.31. The summed E-state index contributed by atoms with van der Waals surface area (Å²) in [5, 5.41) is 9.22. The maximum Gasteiger partial charge on any atom is 0.229 e. The monoisotopic (exact) mass is 228 g/mol. The third-order valence-electron chi connectivity index (χ3n) is 2.94. The molecule has 2 aromatic heterocycles. The van der Waals surface area contributed by atoms with Crippen molar-refractivity contribution in [2.45, 2.75) is 6.92 Å². The van der Waals surface area contributed by atoms with E-state index in [0.29, 0.717) is 5.88 Å². The highest BCUT2D eigenvalue weighted by Crippen LogP contribution is 2.33. The Morgan fingerprint density at radius 1 is 1.29 bits per heavy atom. The molecule has 0 atom stereocenters. The van der Waals surface area contributed by atoms with Gasteiger partial charge in [-0.1, -0.05) is 17.3 Å². The first-order valence-corrected chi connectivity index (χ1v) is 5.31. The van der Waals surface area contributed by atoms with Crippen molar-refractivity contribution < 1.29 is 4.52 Å². The number of aryl methyl sites for hydroxylation is 2. The number of nitrogen functional groups attached to an aromatic ring is 1. The zero-order valence-corrected chi connectivity index (χ0v) is 9.64. The SMILES string of the molecule is Cc1nn(C)c2cccc(-c3cnoc3N)c12. The quantitative estimate of drug-likeness (QED) is 0.692. The largest absolute Gasteiger partial charge is 0.367 e. The minimum atomic E-state index is 0.334. The van der Waals surface area contributed by atoms with Crippen LogP contribution in [0, 0.1) is 6.92 Å². The van der Waals surface area contributed by atoms with E-state index in [9.17, 15) is 0 Å². The van der Waals surface area contributed by atoms with Gasteiger partial charge < -0.3 is 10.3 Å². The molecular formula is C12H12N4O. The fraction of sp³-hybridized carbons (Fsp3) is 0.167. The first-order chi connectivity index (χ1) is 8.18. The molecule has 5 nitrogen and oxygen atoms in total. The van der Waals surface area contributed by atoms with Gasteiger partial charge in [0.15, 0.2) is 0 Å². The van der Waals surface area contributed by atoms with Gasteiger partial charge in [0.25, 0.3) is 0 Å². The normalized spacial score (nSPS) is 11.2. The predicted molar refractivity (Wildman–Crippen MR) is 65.4 cm³/mol. The lowest BCUT2D eigenvalue weighted by molar-refractivity contribution is 0.436. The average molecular weight is 228 g/mol. The van der Waals surface area contributed by atoms with Crippen molar-refractivity contribution in [3.63, 3.8) is 0 Å². The third-order valence-corrected chi connectivity index (χ3v) is 2.94. The van der Waals surface area contributed by atoms with Gasteiger partial charge in [-0.05, 0) is 13.0 Å². The number of nitrogens with zero attached hydrogens (tertiary/aromatic N) is 3. The Balaban J connectivity index is 2.42. The molecule has 0 saturated heterocycles. The second-order valence-electron chi connectivity index (χ2n) is 4.01. The second kappa shape index (κ2) is 3.35. The Morgan fingerprint density at radius 2 is 2.12 bits per heavy atom. The number of fused-ring (bicyclic) bond motifs is 1. The van der Waals surface area contributed by atoms with E-state index < -0.39 is 0 Å². The summed E-state index contributed by atoms with van der Waals surface area (Å²) in [6, 6.07) is 6.01. The van der Waals surface area contributed by atoms with E-state index in [1.165, 1.54) is 0 Å². The Labute approximate surface area is 97.8 Å². The summed E-state index contributed by atoms with van der Waals surface area (Å²) in [5.41, 5.74) is 9.62. The van der Waals surface area contributed by atoms with Crippen molar-refractivity contribution in [1.82, 2.24) is 14.9 Å². The summed E-state index contributed by atoms with van der Waals surface area (Å²) in [5.74, 6) is 0.334. The Morgan fingerprint density at radius 3 is 2.82 bits per heavy atom. The molecule has 0 aliphatic rings. The minimum Gasteiger partial charge on any atom is -0.367 e. The maximum absolute atomic E-state index is 5.76. The van der Waals surface area contributed by atoms with Crippen molar-refractivity contribution in [3.8, 4) is 11.1 Å². The summed E-state index contributed by atoms with van der Waals surface area (Å²) in [4.78, 5) is 0. The van der Waals surface area contributed by atoms with Crippen LogP contribution in [0.4, 0.5) is 5.88 Å². The van der Waals surface area contributed by atoms with Crippen LogP contribution in [0.25, 0.3) is 22.0 Å². The van der Waals surface area contributed by atoms with Crippen LogP contribution in [0.15, 0.2) is 28.9 Å². The van der Waals surface area contributed by atoms with Crippen LogP contribution in [0.2, 0.25) is 0 Å². The van der Waals surface area contributed by atoms with Crippen LogP contribution in [-0.4, -0.2) is 14.9 Å². The first kappa shape index (κ1) is 9.89. The molecule has 0 radical (unpaired) electrons. The summed E-state index contributed by atoms with van der Waals surface area (Å²) in [6.45, 7) is 1.98. The number of benzene rings is 1. The highest BCUT2D eigenvalue weighted by atomic mass is 16.5. The van der Waals surface area contributed by atoms with Gasteiger partial charge in [-0.25, -0.2) is 0 Å². The van der Waals surface area contributed by atoms with E-state index in [-0.39, 0.29) is 0 Å². The highest BCUT2D eigenvalue weighted by Gasteiger charge is 2.14. The predicted octanol–water partition coefficient (Wildman–Crippen LogP) is 2.12. The Hall–Kier alpha value is -2.30. The van der Waals surface area contributed by atoms with Gasteiger partial charge in [0.05, 0.1) is 23.0 Å². The van der Waals surface area contributed by atoms with Gasteiger partial charge in [-0.3, -0.25) is 4.68 Å². The van der Waals surface area contributed by atoms with E-state index in [2.05, 4.69) is 10.3 Å². The molecule has 0 fully saturated rings. The summed E-state index contributed by atoms with van der Waals surface area (Å²) in [6.07, 6.45) is 1.64. The molecule has 0 bridgehead atoms. The van der Waals surface area contributed by atoms with Crippen LogP contribution in [-0.2, 0) is 7.05 Å². The van der Waals surface area contributed by atoms with E-state index in [1.54, 1.807) is 6.20 Å². The van der Waals surface area contributed by atoms with Crippen LogP contribution in [0.5, 0.6) is 0 Å². The molecular weight excluding hydrogens is 216 g/mol. The molecule has 2 heterocycles. The van der Waals surface area contributed by atoms with Crippen molar-refractivity contribution in [3.05, 3.63) is 30.1 Å². The number of anilines is 1. The highest BCUT2D eigenvalue weighted by molar-refractivity contribution is 5.98. The van der Waals surface area contributed by atoms with E-state index >= 15 is 0 Å². The Kier molecular flexibility index (Phi) is 1.95. The van der Waals surface area contributed by atoms with Crippen molar-refractivity contribution in [1.29, 1.82) is 0 Å². The summed E-state index contributed by atoms with van der Waals surface area (Å²) < 4.78 is 6.77. The van der Waals surface area contributed by atoms with Crippen molar-refractivity contribution >= 4 is 16.8 Å². The maximum atomic E-state index is 5.76. The summed E-state index contributed by atoms with van der Waals surface area (Å²) >= 11 is 0. The van der Waals surface area contributed by atoms with E-state index in [0.717, 1.165) is 27.7 Å². The molecule has 0 saturated carbocycles. The standard InChI is InChI=1S/C12H12N4O/c1-7-11-8(9-6-14-17-12(9)13)4-3-5-10(11)16(2)15-7/h3-6H,13H2,1-2H3. The molecule has 3 aromatic rings. The van der Waals surface area contributed by atoms with Gasteiger partial charge in [0.1, 0.15) is 0 Å². The topological polar surface area (TPSA) is 69.9 Å². The van der Waals surface area contributed by atoms with Gasteiger partial charge >= 0.3 is 0 Å². The number of aromatic nitrogens is 3. The van der Waals surface area contributed by atoms with Crippen LogP contribution in [0.3, 0.4) is 0 Å². The Bertz CT molecular complexity index is 696. The smallest absolute Gasteiger partial charge is 0.229 e. The number of rotatable bonds is 1. The number of hydrogen-bond acceptors (Lipinski definition) is 4. The zero-order valence-electron chi connectivity index (χ0n) is 9.64. The lowest BCUT2D eigenvalue weighted by Gasteiger charge is -2.01. The van der Waals surface area contributed by atoms with Crippen LogP contribution >= 0.6 is 0 Å². The molecule has 0 aliphatic carbocycles. The molecule has 1 aromatic carbocycles. The van der Waals surface area contributed by atoms with E-state index in [4.69, 9.17) is 10.3 Å². The fourth-order valence-electron chi connectivity index (χ4n) is 2.19. The van der Waals surface area contributed by atoms with Crippen molar-refractivity contribution in [2.24, 2.45) is 7.05 Å². The van der Waals surface area contributed by atoms with Crippen molar-refractivity contribution in [2.75, 3.05) is 5.73 Å². The molecule has 3 rings (SSSR count). The number of hydrogen-bond donors (Lipinski definition) is 1. The molecule has 0 aliphatic heterocycles. The molecule has 0 spiro atoms. The van der Waals surface area contributed by atoms with E-state index in [1.807, 2.05) is 36.9 Å². The van der Waals surface area contributed by atoms with Crippen LogP contribution in [0.1, 0.15) is 5.69 Å². The lowest BCUT2D eigenvalue weighted by atomic mass is 10.0. The average Bonchev–Trinajstić information content (AvgIpc) is 2.85. The zero-order chi connectivity index (χ0) is 12.0. The molecule has 17 heavy (non-hydrogen) atoms. The lowest BCUT2D eigenvalue weighted by Crippen LogP contribution is -1.89. The fourth-order valence-corrected chi connectivity index (χ4v) is 2.19. The van der Waals surface area contributed by atoms with Gasteiger partial charge in [0, 0.05) is 18.0 Å². The molecule has 2 N–H and O–H groups in total. The molecule has 0 amide bonds. The third kappa shape index (κ3) is 1.32. The summed E-state index contributed by atoms with van der Waals surface area (Å²) in [7, 11) is 1.93. The number of nitrogens with two attached hydrogens (primary N) is 1. The van der Waals surface area contributed by atoms with Gasteiger partial charge in [-0.15, -0.1) is 0 Å². The molecule has 86 valence electrons. The minimum absolute atomic E-state index is 0.334.